The lowest BCUT2D eigenvalue weighted by atomic mass is 9.95. The van der Waals surface area contributed by atoms with Gasteiger partial charge in [0.25, 0.3) is 0 Å². The summed E-state index contributed by atoms with van der Waals surface area (Å²) in [5, 5.41) is 3.72. The van der Waals surface area contributed by atoms with Gasteiger partial charge in [-0.25, -0.2) is 0 Å². The van der Waals surface area contributed by atoms with Gasteiger partial charge in [0.2, 0.25) is 5.91 Å². The van der Waals surface area contributed by atoms with Crippen LogP contribution in [0.1, 0.15) is 29.8 Å². The van der Waals surface area contributed by atoms with Gasteiger partial charge in [0, 0.05) is 24.0 Å². The molecular formula is C17H18F3N3O. The molecule has 0 unspecified atom stereocenters. The van der Waals surface area contributed by atoms with Crippen molar-refractivity contribution in [3.05, 3.63) is 47.3 Å². The molecule has 0 fully saturated rings. The summed E-state index contributed by atoms with van der Waals surface area (Å²) in [5.41, 5.74) is 0.652. The maximum absolute atomic E-state index is 13.2. The molecular weight excluding hydrogens is 319 g/mol. The van der Waals surface area contributed by atoms with Gasteiger partial charge in [-0.15, -0.1) is 0 Å². The number of amides is 1. The average molecular weight is 337 g/mol. The Hall–Kier alpha value is -2.31. The highest BCUT2D eigenvalue weighted by Crippen LogP contribution is 2.35. The number of aromatic nitrogens is 2. The van der Waals surface area contributed by atoms with Crippen molar-refractivity contribution in [1.82, 2.24) is 9.78 Å². The van der Waals surface area contributed by atoms with Gasteiger partial charge in [-0.05, 0) is 37.8 Å². The highest BCUT2D eigenvalue weighted by Gasteiger charge is 2.39. The molecule has 0 spiro atoms. The minimum absolute atomic E-state index is 0.191. The molecule has 0 saturated heterocycles. The van der Waals surface area contributed by atoms with Crippen molar-refractivity contribution in [2.24, 2.45) is 0 Å². The van der Waals surface area contributed by atoms with Gasteiger partial charge in [-0.2, -0.15) is 18.3 Å². The van der Waals surface area contributed by atoms with Crippen LogP contribution < -0.4 is 4.90 Å². The fraction of sp³-hybridized carbons (Fsp3) is 0.412. The first-order valence-electron chi connectivity index (χ1n) is 7.85. The molecule has 24 heavy (non-hydrogen) atoms. The van der Waals surface area contributed by atoms with Crippen LogP contribution >= 0.6 is 0 Å². The molecule has 0 radical (unpaired) electrons. The molecule has 2 aromatic rings. The number of hydrogen-bond acceptors (Lipinski definition) is 2. The summed E-state index contributed by atoms with van der Waals surface area (Å²) in [7, 11) is 1.61. The molecule has 3 rings (SSSR count). The van der Waals surface area contributed by atoms with Gasteiger partial charge < -0.3 is 4.90 Å². The Morgan fingerprint density at radius 2 is 1.88 bits per heavy atom. The first-order chi connectivity index (χ1) is 11.4. The standard InChI is InChI=1S/C17H18F3N3O/c1-22(12-7-3-2-4-8-12)15(24)11-23-14-10-6-5-9-13(14)16(21-23)17(18,19)20/h2-4,7-8H,5-6,9-11H2,1H3. The van der Waals surface area contributed by atoms with Crippen LogP contribution in [0.4, 0.5) is 18.9 Å². The van der Waals surface area contributed by atoms with Crippen molar-refractivity contribution in [3.8, 4) is 0 Å². The van der Waals surface area contributed by atoms with E-state index < -0.39 is 11.9 Å². The lowest BCUT2D eigenvalue weighted by Crippen LogP contribution is -2.31. The van der Waals surface area contributed by atoms with Crippen molar-refractivity contribution in [2.45, 2.75) is 38.4 Å². The van der Waals surface area contributed by atoms with E-state index in [4.69, 9.17) is 0 Å². The first-order valence-corrected chi connectivity index (χ1v) is 7.85. The molecule has 7 heteroatoms. The molecule has 1 aromatic carbocycles. The Balaban J connectivity index is 1.87. The highest BCUT2D eigenvalue weighted by molar-refractivity contribution is 5.92. The fourth-order valence-corrected chi connectivity index (χ4v) is 3.06. The Morgan fingerprint density at radius 1 is 1.21 bits per heavy atom. The normalized spacial score (nSPS) is 14.3. The lowest BCUT2D eigenvalue weighted by molar-refractivity contribution is -0.142. The predicted molar refractivity (Wildman–Crippen MR) is 83.7 cm³/mol. The van der Waals surface area contributed by atoms with E-state index in [0.717, 1.165) is 12.8 Å². The van der Waals surface area contributed by atoms with Gasteiger partial charge in [0.1, 0.15) is 6.54 Å². The molecule has 1 aromatic heterocycles. The van der Waals surface area contributed by atoms with Crippen molar-refractivity contribution >= 4 is 11.6 Å². The summed E-state index contributed by atoms with van der Waals surface area (Å²) in [4.78, 5) is 13.9. The summed E-state index contributed by atoms with van der Waals surface area (Å²) in [5.74, 6) is -0.300. The van der Waals surface area contributed by atoms with E-state index in [1.165, 1.54) is 9.58 Å². The number of para-hydroxylation sites is 1. The number of fused-ring (bicyclic) bond motifs is 1. The van der Waals surface area contributed by atoms with E-state index in [-0.39, 0.29) is 18.0 Å². The number of likely N-dealkylation sites (N-methyl/N-ethyl adjacent to an activating group) is 1. The van der Waals surface area contributed by atoms with E-state index in [1.54, 1.807) is 31.3 Å². The smallest absolute Gasteiger partial charge is 0.314 e. The van der Waals surface area contributed by atoms with Crippen LogP contribution in [0.25, 0.3) is 0 Å². The number of nitrogens with zero attached hydrogens (tertiary/aromatic N) is 3. The van der Waals surface area contributed by atoms with Crippen molar-refractivity contribution < 1.29 is 18.0 Å². The van der Waals surface area contributed by atoms with Crippen molar-refractivity contribution in [3.63, 3.8) is 0 Å². The average Bonchev–Trinajstić information content (AvgIpc) is 2.94. The van der Waals surface area contributed by atoms with E-state index in [9.17, 15) is 18.0 Å². The van der Waals surface area contributed by atoms with Crippen LogP contribution in [0.15, 0.2) is 30.3 Å². The molecule has 0 saturated carbocycles. The Kier molecular flexibility index (Phi) is 4.34. The van der Waals surface area contributed by atoms with Crippen LogP contribution in [-0.4, -0.2) is 22.7 Å². The maximum Gasteiger partial charge on any atom is 0.435 e. The van der Waals surface area contributed by atoms with Gasteiger partial charge in [-0.1, -0.05) is 18.2 Å². The molecule has 4 nitrogen and oxygen atoms in total. The third-order valence-electron chi connectivity index (χ3n) is 4.33. The van der Waals surface area contributed by atoms with Gasteiger partial charge >= 0.3 is 6.18 Å². The van der Waals surface area contributed by atoms with Crippen molar-refractivity contribution in [1.29, 1.82) is 0 Å². The summed E-state index contributed by atoms with van der Waals surface area (Å²) >= 11 is 0. The Morgan fingerprint density at radius 3 is 2.54 bits per heavy atom. The zero-order valence-electron chi connectivity index (χ0n) is 13.3. The van der Waals surface area contributed by atoms with Crippen LogP contribution in [0.2, 0.25) is 0 Å². The predicted octanol–water partition coefficient (Wildman–Crippen LogP) is 3.44. The molecule has 0 bridgehead atoms. The Bertz CT molecular complexity index is 738. The number of carbonyl (C=O) groups excluding carboxylic acids is 1. The molecule has 1 heterocycles. The van der Waals surface area contributed by atoms with E-state index in [0.29, 0.717) is 24.2 Å². The second-order valence-corrected chi connectivity index (χ2v) is 5.92. The van der Waals surface area contributed by atoms with Crippen LogP contribution in [0.3, 0.4) is 0 Å². The summed E-state index contributed by atoms with van der Waals surface area (Å²) in [6.45, 7) is -0.191. The van der Waals surface area contributed by atoms with Crippen LogP contribution in [-0.2, 0) is 30.4 Å². The maximum atomic E-state index is 13.2. The number of anilines is 1. The highest BCUT2D eigenvalue weighted by atomic mass is 19.4. The Labute approximate surface area is 137 Å². The fourth-order valence-electron chi connectivity index (χ4n) is 3.06. The third-order valence-corrected chi connectivity index (χ3v) is 4.33. The quantitative estimate of drug-likeness (QED) is 0.860. The summed E-state index contributed by atoms with van der Waals surface area (Å²) < 4.78 is 40.8. The van der Waals surface area contributed by atoms with E-state index >= 15 is 0 Å². The monoisotopic (exact) mass is 337 g/mol. The van der Waals surface area contributed by atoms with Crippen LogP contribution in [0, 0.1) is 0 Å². The minimum atomic E-state index is -4.49. The molecule has 128 valence electrons. The molecule has 0 aliphatic heterocycles. The van der Waals surface area contributed by atoms with E-state index in [2.05, 4.69) is 5.10 Å². The zero-order chi connectivity index (χ0) is 17.3. The number of halogens is 3. The number of alkyl halides is 3. The topological polar surface area (TPSA) is 38.1 Å². The molecule has 1 aliphatic carbocycles. The molecule has 0 N–H and O–H groups in total. The number of rotatable bonds is 3. The van der Waals surface area contributed by atoms with Crippen molar-refractivity contribution in [2.75, 3.05) is 11.9 Å². The molecule has 1 amide bonds. The van der Waals surface area contributed by atoms with Gasteiger partial charge in [-0.3, -0.25) is 9.48 Å². The number of carbonyl (C=O) groups is 1. The van der Waals surface area contributed by atoms with E-state index in [1.807, 2.05) is 6.07 Å². The number of hydrogen-bond donors (Lipinski definition) is 0. The zero-order valence-corrected chi connectivity index (χ0v) is 13.3. The molecule has 1 aliphatic rings. The van der Waals surface area contributed by atoms with Gasteiger partial charge in [0.15, 0.2) is 5.69 Å². The SMILES string of the molecule is CN(C(=O)Cn1nc(C(F)(F)F)c2c1CCCC2)c1ccccc1. The molecule has 0 atom stereocenters. The number of benzene rings is 1. The third kappa shape index (κ3) is 3.16. The minimum Gasteiger partial charge on any atom is -0.314 e. The lowest BCUT2D eigenvalue weighted by Gasteiger charge is -2.19. The first kappa shape index (κ1) is 16.5. The van der Waals surface area contributed by atoms with Gasteiger partial charge in [0.05, 0.1) is 0 Å². The largest absolute Gasteiger partial charge is 0.435 e. The second-order valence-electron chi connectivity index (χ2n) is 5.92. The van der Waals surface area contributed by atoms with Crippen LogP contribution in [0.5, 0.6) is 0 Å². The summed E-state index contributed by atoms with van der Waals surface area (Å²) in [6.07, 6.45) is -2.05. The summed E-state index contributed by atoms with van der Waals surface area (Å²) in [6, 6.07) is 8.99. The second kappa shape index (κ2) is 6.30.